The summed E-state index contributed by atoms with van der Waals surface area (Å²) in [6.45, 7) is 1.97. The van der Waals surface area contributed by atoms with Gasteiger partial charge in [-0.3, -0.25) is 9.78 Å². The average molecular weight is 290 g/mol. The number of rotatable bonds is 3. The number of hydrogen-bond acceptors (Lipinski definition) is 2. The maximum Gasteiger partial charge on any atom is 0.168 e. The second kappa shape index (κ2) is 5.23. The Morgan fingerprint density at radius 3 is 2.76 bits per heavy atom. The molecule has 0 unspecified atom stereocenters. The summed E-state index contributed by atoms with van der Waals surface area (Å²) >= 11 is 3.40. The molecule has 0 radical (unpaired) electrons. The number of Topliss-reactive ketones (excluding diaryl/α,β-unsaturated/α-hetero) is 1. The van der Waals surface area contributed by atoms with Crippen molar-refractivity contribution in [3.63, 3.8) is 0 Å². The van der Waals surface area contributed by atoms with Crippen LogP contribution in [-0.4, -0.2) is 10.8 Å². The van der Waals surface area contributed by atoms with Crippen molar-refractivity contribution in [3.8, 4) is 0 Å². The highest BCUT2D eigenvalue weighted by atomic mass is 79.9. The van der Waals surface area contributed by atoms with Gasteiger partial charge in [0.1, 0.15) is 0 Å². The van der Waals surface area contributed by atoms with Crippen LogP contribution in [0.2, 0.25) is 0 Å². The zero-order valence-electron chi connectivity index (χ0n) is 9.48. The third-order valence-electron chi connectivity index (χ3n) is 2.43. The Morgan fingerprint density at radius 1 is 1.29 bits per heavy atom. The van der Waals surface area contributed by atoms with Gasteiger partial charge in [0, 0.05) is 21.9 Å². The molecule has 86 valence electrons. The van der Waals surface area contributed by atoms with E-state index in [1.165, 1.54) is 0 Å². The number of ketones is 1. The van der Waals surface area contributed by atoms with E-state index in [-0.39, 0.29) is 5.78 Å². The average Bonchev–Trinajstić information content (AvgIpc) is 2.29. The first-order chi connectivity index (χ1) is 8.15. The molecule has 0 saturated carbocycles. The second-order valence-electron chi connectivity index (χ2n) is 3.94. The van der Waals surface area contributed by atoms with Crippen molar-refractivity contribution in [2.45, 2.75) is 13.3 Å². The largest absolute Gasteiger partial charge is 0.294 e. The summed E-state index contributed by atoms with van der Waals surface area (Å²) in [7, 11) is 0. The number of nitrogens with zero attached hydrogens (tertiary/aromatic N) is 1. The molecule has 0 aliphatic heterocycles. The number of benzene rings is 1. The van der Waals surface area contributed by atoms with Gasteiger partial charge in [0.2, 0.25) is 0 Å². The molecule has 1 aromatic carbocycles. The van der Waals surface area contributed by atoms with Gasteiger partial charge in [-0.25, -0.2) is 0 Å². The van der Waals surface area contributed by atoms with Crippen molar-refractivity contribution < 1.29 is 4.79 Å². The van der Waals surface area contributed by atoms with Crippen LogP contribution < -0.4 is 0 Å². The molecular weight excluding hydrogens is 278 g/mol. The minimum atomic E-state index is 0.0908. The van der Waals surface area contributed by atoms with Crippen LogP contribution in [0.3, 0.4) is 0 Å². The number of carbonyl (C=O) groups excluding carboxylic acids is 1. The zero-order valence-corrected chi connectivity index (χ0v) is 11.1. The lowest BCUT2D eigenvalue weighted by Crippen LogP contribution is -2.05. The quantitative estimate of drug-likeness (QED) is 0.809. The Balaban J connectivity index is 2.20. The molecule has 3 heteroatoms. The molecule has 2 nitrogen and oxygen atoms in total. The van der Waals surface area contributed by atoms with E-state index in [2.05, 4.69) is 20.9 Å². The lowest BCUT2D eigenvalue weighted by molar-refractivity contribution is 0.0992. The monoisotopic (exact) mass is 289 g/mol. The Labute approximate surface area is 109 Å². The first-order valence-corrected chi connectivity index (χ1v) is 6.15. The van der Waals surface area contributed by atoms with Gasteiger partial charge in [0.05, 0.1) is 6.42 Å². The number of hydrogen-bond donors (Lipinski definition) is 0. The van der Waals surface area contributed by atoms with E-state index in [4.69, 9.17) is 0 Å². The van der Waals surface area contributed by atoms with E-state index in [0.29, 0.717) is 6.42 Å². The minimum Gasteiger partial charge on any atom is -0.294 e. The maximum absolute atomic E-state index is 12.1. The van der Waals surface area contributed by atoms with Gasteiger partial charge >= 0.3 is 0 Å². The lowest BCUT2D eigenvalue weighted by Gasteiger charge is -2.03. The van der Waals surface area contributed by atoms with Crippen LogP contribution in [0.1, 0.15) is 21.6 Å². The second-order valence-corrected chi connectivity index (χ2v) is 4.85. The summed E-state index contributed by atoms with van der Waals surface area (Å²) in [6, 6.07) is 11.3. The van der Waals surface area contributed by atoms with Crippen LogP contribution in [0, 0.1) is 6.92 Å². The molecule has 0 N–H and O–H groups in total. The van der Waals surface area contributed by atoms with E-state index in [9.17, 15) is 4.79 Å². The number of halogens is 1. The van der Waals surface area contributed by atoms with E-state index in [1.807, 2.05) is 43.3 Å². The molecule has 1 aromatic heterocycles. The molecule has 2 rings (SSSR count). The molecular formula is C14H12BrNO. The topological polar surface area (TPSA) is 30.0 Å². The predicted molar refractivity (Wildman–Crippen MR) is 71.2 cm³/mol. The third-order valence-corrected chi connectivity index (χ3v) is 2.89. The number of aromatic nitrogens is 1. The molecule has 0 atom stereocenters. The fraction of sp³-hybridized carbons (Fsp3) is 0.143. The molecule has 0 fully saturated rings. The molecule has 0 spiro atoms. The molecule has 0 amide bonds. The summed E-state index contributed by atoms with van der Waals surface area (Å²) in [5, 5.41) is 0. The van der Waals surface area contributed by atoms with Gasteiger partial charge in [-0.15, -0.1) is 0 Å². The maximum atomic E-state index is 12.1. The molecule has 17 heavy (non-hydrogen) atoms. The van der Waals surface area contributed by atoms with Crippen LogP contribution in [0.5, 0.6) is 0 Å². The summed E-state index contributed by atoms with van der Waals surface area (Å²) in [6.07, 6.45) is 2.05. The first kappa shape index (κ1) is 12.0. The lowest BCUT2D eigenvalue weighted by atomic mass is 10.0. The van der Waals surface area contributed by atoms with Crippen molar-refractivity contribution in [2.24, 2.45) is 0 Å². The summed E-state index contributed by atoms with van der Waals surface area (Å²) in [5.41, 5.74) is 2.60. The Hall–Kier alpha value is -1.48. The fourth-order valence-corrected chi connectivity index (χ4v) is 2.27. The van der Waals surface area contributed by atoms with Gasteiger partial charge in [-0.1, -0.05) is 22.0 Å². The SMILES string of the molecule is Cc1cc(Br)cc(C(=O)Cc2ccccn2)c1. The van der Waals surface area contributed by atoms with Crippen molar-refractivity contribution in [1.82, 2.24) is 4.98 Å². The fourth-order valence-electron chi connectivity index (χ4n) is 1.67. The van der Waals surface area contributed by atoms with E-state index in [1.54, 1.807) is 6.20 Å². The van der Waals surface area contributed by atoms with Gasteiger partial charge < -0.3 is 0 Å². The third kappa shape index (κ3) is 3.24. The zero-order chi connectivity index (χ0) is 12.3. The van der Waals surface area contributed by atoms with Gasteiger partial charge in [0.25, 0.3) is 0 Å². The summed E-state index contributed by atoms with van der Waals surface area (Å²) < 4.78 is 0.932. The molecule has 0 aliphatic rings. The van der Waals surface area contributed by atoms with Gasteiger partial charge in [-0.05, 0) is 42.8 Å². The van der Waals surface area contributed by atoms with E-state index < -0.39 is 0 Å². The number of pyridine rings is 1. The van der Waals surface area contributed by atoms with Crippen molar-refractivity contribution in [1.29, 1.82) is 0 Å². The first-order valence-electron chi connectivity index (χ1n) is 5.35. The Morgan fingerprint density at radius 2 is 2.12 bits per heavy atom. The highest BCUT2D eigenvalue weighted by Crippen LogP contribution is 2.16. The van der Waals surface area contributed by atoms with Crippen LogP contribution >= 0.6 is 15.9 Å². The summed E-state index contributed by atoms with van der Waals surface area (Å²) in [4.78, 5) is 16.2. The minimum absolute atomic E-state index is 0.0908. The number of carbonyl (C=O) groups is 1. The van der Waals surface area contributed by atoms with Gasteiger partial charge in [-0.2, -0.15) is 0 Å². The van der Waals surface area contributed by atoms with Crippen LogP contribution in [0.4, 0.5) is 0 Å². The van der Waals surface area contributed by atoms with Crippen molar-refractivity contribution in [3.05, 3.63) is 63.9 Å². The van der Waals surface area contributed by atoms with Crippen molar-refractivity contribution in [2.75, 3.05) is 0 Å². The smallest absolute Gasteiger partial charge is 0.168 e. The summed E-state index contributed by atoms with van der Waals surface area (Å²) in [5.74, 6) is 0.0908. The standard InChI is InChI=1S/C14H12BrNO/c1-10-6-11(8-12(15)7-10)14(17)9-13-4-2-3-5-16-13/h2-8H,9H2,1H3. The van der Waals surface area contributed by atoms with Crippen LogP contribution in [-0.2, 0) is 6.42 Å². The van der Waals surface area contributed by atoms with Crippen LogP contribution in [0.25, 0.3) is 0 Å². The normalized spacial score (nSPS) is 10.2. The van der Waals surface area contributed by atoms with Crippen LogP contribution in [0.15, 0.2) is 47.1 Å². The number of aryl methyl sites for hydroxylation is 1. The highest BCUT2D eigenvalue weighted by molar-refractivity contribution is 9.10. The van der Waals surface area contributed by atoms with E-state index >= 15 is 0 Å². The van der Waals surface area contributed by atoms with Crippen molar-refractivity contribution >= 4 is 21.7 Å². The van der Waals surface area contributed by atoms with E-state index in [0.717, 1.165) is 21.3 Å². The molecule has 1 heterocycles. The predicted octanol–water partition coefficient (Wildman–Crippen LogP) is 3.58. The Kier molecular flexibility index (Phi) is 3.69. The molecule has 0 saturated heterocycles. The molecule has 0 bridgehead atoms. The Bertz CT molecular complexity index is 517. The molecule has 2 aromatic rings. The molecule has 0 aliphatic carbocycles. The highest BCUT2D eigenvalue weighted by Gasteiger charge is 2.08. The van der Waals surface area contributed by atoms with Gasteiger partial charge in [0.15, 0.2) is 5.78 Å².